The Balaban J connectivity index is 1.88. The number of aliphatic hydroxyl groups is 7. The minimum atomic E-state index is -1.72. The molecule has 0 aromatic rings. The smallest absolute Gasteiger partial charge is 0.310 e. The molecule has 11 unspecified atom stereocenters. The third-order valence-corrected chi connectivity index (χ3v) is 9.96. The lowest BCUT2D eigenvalue weighted by Crippen LogP contribution is -2.61. The maximum absolute atomic E-state index is 12.9. The van der Waals surface area contributed by atoms with Crippen molar-refractivity contribution in [3.8, 4) is 0 Å². The van der Waals surface area contributed by atoms with E-state index in [4.69, 9.17) is 28.4 Å². The molecule has 14 heteroatoms. The fraction of sp³-hybridized carbons (Fsp3) is 0.717. The van der Waals surface area contributed by atoms with E-state index in [-0.39, 0.29) is 19.6 Å². The van der Waals surface area contributed by atoms with Crippen LogP contribution in [0, 0.1) is 0 Å². The molecule has 344 valence electrons. The van der Waals surface area contributed by atoms with Crippen LogP contribution < -0.4 is 0 Å². The molecular weight excluding hydrogens is 776 g/mol. The summed E-state index contributed by atoms with van der Waals surface area (Å²) in [6.45, 7) is 3.32. The van der Waals surface area contributed by atoms with Crippen LogP contribution in [-0.4, -0.2) is 142 Å². The topological polar surface area (TPSA) is 214 Å². The van der Waals surface area contributed by atoms with Crippen molar-refractivity contribution in [2.45, 2.75) is 178 Å². The first kappa shape index (κ1) is 53.6. The van der Waals surface area contributed by atoms with Gasteiger partial charge in [0.2, 0.25) is 0 Å². The van der Waals surface area contributed by atoms with Gasteiger partial charge in [-0.1, -0.05) is 119 Å². The first-order valence-corrected chi connectivity index (χ1v) is 22.0. The van der Waals surface area contributed by atoms with Crippen molar-refractivity contribution < 1.29 is 69.0 Å². The average Bonchev–Trinajstić information content (AvgIpc) is 3.24. The summed E-state index contributed by atoms with van der Waals surface area (Å²) in [5.74, 6) is -0.510. The number of carbonyl (C=O) groups excluding carboxylic acids is 1. The number of hydrogen-bond donors (Lipinski definition) is 7. The summed E-state index contributed by atoms with van der Waals surface area (Å²) in [7, 11) is 0. The van der Waals surface area contributed by atoms with Crippen LogP contribution in [-0.2, 0) is 33.2 Å². The number of unbranched alkanes of at least 4 members (excludes halogenated alkanes) is 7. The van der Waals surface area contributed by atoms with E-state index in [1.807, 2.05) is 12.2 Å². The van der Waals surface area contributed by atoms with E-state index < -0.39 is 86.7 Å². The molecule has 0 amide bonds. The largest absolute Gasteiger partial charge is 0.457 e. The third-order valence-electron chi connectivity index (χ3n) is 9.96. The van der Waals surface area contributed by atoms with E-state index in [0.717, 1.165) is 64.2 Å². The first-order chi connectivity index (χ1) is 29.1. The van der Waals surface area contributed by atoms with Crippen LogP contribution in [0.2, 0.25) is 0 Å². The van der Waals surface area contributed by atoms with Crippen molar-refractivity contribution in [2.24, 2.45) is 0 Å². The lowest BCUT2D eigenvalue weighted by atomic mass is 9.98. The number of allylic oxidation sites excluding steroid dienone is 11. The maximum atomic E-state index is 12.9. The van der Waals surface area contributed by atoms with Crippen molar-refractivity contribution in [1.82, 2.24) is 0 Å². The molecule has 0 saturated carbocycles. The van der Waals surface area contributed by atoms with Gasteiger partial charge >= 0.3 is 5.97 Å². The van der Waals surface area contributed by atoms with Crippen LogP contribution in [0.15, 0.2) is 72.9 Å². The Morgan fingerprint density at radius 2 is 1.08 bits per heavy atom. The molecule has 0 bridgehead atoms. The van der Waals surface area contributed by atoms with Gasteiger partial charge < -0.3 is 64.2 Å². The van der Waals surface area contributed by atoms with Gasteiger partial charge in [-0.2, -0.15) is 0 Å². The zero-order chi connectivity index (χ0) is 43.8. The van der Waals surface area contributed by atoms with Crippen LogP contribution in [0.4, 0.5) is 0 Å². The van der Waals surface area contributed by atoms with Crippen LogP contribution in [0.3, 0.4) is 0 Å². The second-order valence-electron chi connectivity index (χ2n) is 15.1. The quantitative estimate of drug-likeness (QED) is 0.0276. The van der Waals surface area contributed by atoms with Crippen molar-refractivity contribution in [3.05, 3.63) is 72.9 Å². The lowest BCUT2D eigenvalue weighted by molar-refractivity contribution is -0.332. The molecule has 2 rings (SSSR count). The number of ether oxygens (including phenoxy) is 6. The van der Waals surface area contributed by atoms with Gasteiger partial charge in [-0.25, -0.2) is 0 Å². The second kappa shape index (κ2) is 34.0. The summed E-state index contributed by atoms with van der Waals surface area (Å²) in [5, 5.41) is 71.8. The van der Waals surface area contributed by atoms with Crippen molar-refractivity contribution >= 4 is 5.97 Å². The molecule has 2 heterocycles. The molecule has 7 N–H and O–H groups in total. The second-order valence-corrected chi connectivity index (χ2v) is 15.1. The average molecular weight is 853 g/mol. The van der Waals surface area contributed by atoms with Gasteiger partial charge in [0.05, 0.1) is 32.8 Å². The molecule has 0 aromatic heterocycles. The van der Waals surface area contributed by atoms with Gasteiger partial charge in [-0.05, 0) is 57.8 Å². The van der Waals surface area contributed by atoms with Crippen molar-refractivity contribution in [3.63, 3.8) is 0 Å². The van der Waals surface area contributed by atoms with Gasteiger partial charge in [0.15, 0.2) is 12.6 Å². The lowest BCUT2D eigenvalue weighted by Gasteiger charge is -2.42. The minimum Gasteiger partial charge on any atom is -0.457 e. The molecular formula is C46H76O14. The molecule has 2 fully saturated rings. The Morgan fingerprint density at radius 3 is 1.68 bits per heavy atom. The Bertz CT molecular complexity index is 1270. The normalized spacial score (nSPS) is 28.4. The number of carbonyl (C=O) groups is 1. The fourth-order valence-electron chi connectivity index (χ4n) is 6.36. The molecule has 0 aliphatic carbocycles. The van der Waals surface area contributed by atoms with E-state index in [1.165, 1.54) is 19.3 Å². The zero-order valence-corrected chi connectivity index (χ0v) is 35.9. The summed E-state index contributed by atoms with van der Waals surface area (Å²) in [6, 6.07) is 0. The summed E-state index contributed by atoms with van der Waals surface area (Å²) in [4.78, 5) is 12.9. The predicted octanol–water partition coefficient (Wildman–Crippen LogP) is 4.78. The summed E-state index contributed by atoms with van der Waals surface area (Å²) in [6.07, 6.45) is 22.9. The monoisotopic (exact) mass is 853 g/mol. The molecule has 60 heavy (non-hydrogen) atoms. The van der Waals surface area contributed by atoms with Crippen LogP contribution in [0.5, 0.6) is 0 Å². The molecule has 0 radical (unpaired) electrons. The summed E-state index contributed by atoms with van der Waals surface area (Å²) >= 11 is 0. The molecule has 2 aliphatic heterocycles. The highest BCUT2D eigenvalue weighted by atomic mass is 16.7. The molecule has 2 aliphatic rings. The Hall–Kier alpha value is -2.57. The van der Waals surface area contributed by atoms with E-state index in [2.05, 4.69) is 68.5 Å². The highest BCUT2D eigenvalue weighted by Crippen LogP contribution is 2.26. The molecule has 0 aromatic carbocycles. The van der Waals surface area contributed by atoms with E-state index in [0.29, 0.717) is 13.0 Å². The third kappa shape index (κ3) is 22.5. The van der Waals surface area contributed by atoms with Crippen molar-refractivity contribution in [2.75, 3.05) is 33.0 Å². The van der Waals surface area contributed by atoms with E-state index in [1.54, 1.807) is 6.08 Å². The predicted molar refractivity (Wildman–Crippen MR) is 228 cm³/mol. The summed E-state index contributed by atoms with van der Waals surface area (Å²) in [5.41, 5.74) is 0. The number of rotatable bonds is 32. The van der Waals surface area contributed by atoms with Crippen LogP contribution >= 0.6 is 0 Å². The van der Waals surface area contributed by atoms with E-state index in [9.17, 15) is 40.5 Å². The van der Waals surface area contributed by atoms with Crippen molar-refractivity contribution in [1.29, 1.82) is 0 Å². The Labute approximate surface area is 357 Å². The summed E-state index contributed by atoms with van der Waals surface area (Å²) < 4.78 is 33.9. The van der Waals surface area contributed by atoms with Crippen LogP contribution in [0.1, 0.15) is 110 Å². The van der Waals surface area contributed by atoms with Gasteiger partial charge in [-0.15, -0.1) is 0 Å². The Morgan fingerprint density at radius 1 is 0.567 bits per heavy atom. The number of esters is 1. The molecule has 0 spiro atoms. The maximum Gasteiger partial charge on any atom is 0.310 e. The highest BCUT2D eigenvalue weighted by Gasteiger charge is 2.47. The number of hydrogen-bond acceptors (Lipinski definition) is 14. The van der Waals surface area contributed by atoms with Gasteiger partial charge in [-0.3, -0.25) is 4.79 Å². The molecule has 14 nitrogen and oxygen atoms in total. The minimum absolute atomic E-state index is 0.0130. The van der Waals surface area contributed by atoms with Gasteiger partial charge in [0.1, 0.15) is 54.9 Å². The van der Waals surface area contributed by atoms with Gasteiger partial charge in [0, 0.05) is 6.61 Å². The highest BCUT2D eigenvalue weighted by molar-refractivity contribution is 5.71. The standard InChI is InChI=1S/C46H76O14/c1-3-5-7-9-11-13-15-16-17-18-19-21-23-25-27-29-38(48)58-35(32-55-30-28-26-24-22-20-14-12-10-8-6-4-2)33-56-45-44(54)42(52)40(50)37(60-45)34-57-46-43(53)41(51)39(49)36(31-47)59-46/h5,7-8,10-11,13,16-17,19,21,25,27,35-37,39-47,49-54H,3-4,6,9,12,14-15,18,20,22-24,26,28-34H2,1-2H3/b7-5-,10-8-,13-11-,17-16-,21-19-,27-25-. The van der Waals surface area contributed by atoms with Crippen LogP contribution in [0.25, 0.3) is 0 Å². The first-order valence-electron chi connectivity index (χ1n) is 22.0. The Kier molecular flexibility index (Phi) is 30.3. The molecule has 11 atom stereocenters. The zero-order valence-electron chi connectivity index (χ0n) is 35.9. The van der Waals surface area contributed by atoms with E-state index >= 15 is 0 Å². The fourth-order valence-corrected chi connectivity index (χ4v) is 6.36. The SMILES string of the molecule is CC/C=C\C/C=C\C/C=C\C/C=C\C/C=C\CC(=O)OC(COCCCCCCCC/C=C\CCC)COC1OC(COC2OC(CO)C(O)C(O)C2O)C(O)C(O)C1O. The molecule has 2 saturated heterocycles. The number of aliphatic hydroxyl groups excluding tert-OH is 7. The van der Waals surface area contributed by atoms with Gasteiger partial charge in [0.25, 0.3) is 0 Å².